The number of urea groups is 1. The van der Waals surface area contributed by atoms with Crippen molar-refractivity contribution in [2.75, 3.05) is 33.2 Å². The van der Waals surface area contributed by atoms with Crippen LogP contribution in [0.25, 0.3) is 10.8 Å². The zero-order valence-corrected chi connectivity index (χ0v) is 24.7. The van der Waals surface area contributed by atoms with Crippen molar-refractivity contribution >= 4 is 22.5 Å². The highest BCUT2D eigenvalue weighted by Crippen LogP contribution is 2.31. The van der Waals surface area contributed by atoms with E-state index in [1.807, 2.05) is 109 Å². The lowest BCUT2D eigenvalue weighted by atomic mass is 10.1. The van der Waals surface area contributed by atoms with Crippen molar-refractivity contribution in [1.82, 2.24) is 4.90 Å². The van der Waals surface area contributed by atoms with Gasteiger partial charge in [-0.15, -0.1) is 0 Å². The van der Waals surface area contributed by atoms with Gasteiger partial charge in [-0.2, -0.15) is 0 Å². The van der Waals surface area contributed by atoms with Gasteiger partial charge >= 0.3 is 6.03 Å². The summed E-state index contributed by atoms with van der Waals surface area (Å²) in [5, 5.41) is 5.20. The molecular formula is C36H36N2O5. The predicted molar refractivity (Wildman–Crippen MR) is 170 cm³/mol. The van der Waals surface area contributed by atoms with Gasteiger partial charge < -0.3 is 29.2 Å². The first-order valence-electron chi connectivity index (χ1n) is 14.2. The molecule has 0 atom stereocenters. The summed E-state index contributed by atoms with van der Waals surface area (Å²) in [4.78, 5) is 15.6. The molecule has 0 bridgehead atoms. The third-order valence-electron chi connectivity index (χ3n) is 7.28. The fourth-order valence-corrected chi connectivity index (χ4v) is 4.97. The van der Waals surface area contributed by atoms with Crippen molar-refractivity contribution < 1.29 is 23.7 Å². The first-order valence-corrected chi connectivity index (χ1v) is 14.2. The third-order valence-corrected chi connectivity index (χ3v) is 7.28. The highest BCUT2D eigenvalue weighted by molar-refractivity contribution is 6.01. The van der Waals surface area contributed by atoms with Gasteiger partial charge in [-0.05, 0) is 58.8 Å². The van der Waals surface area contributed by atoms with Crippen LogP contribution in [-0.4, -0.2) is 38.8 Å². The summed E-state index contributed by atoms with van der Waals surface area (Å²) in [6.07, 6.45) is 0.624. The molecule has 220 valence electrons. The molecule has 0 saturated carbocycles. The number of benzene rings is 5. The lowest BCUT2D eigenvalue weighted by Gasteiger charge is -2.24. The molecule has 0 spiro atoms. The number of rotatable bonds is 12. The summed E-state index contributed by atoms with van der Waals surface area (Å²) in [6, 6.07) is 35.3. The Balaban J connectivity index is 1.37. The van der Waals surface area contributed by atoms with Gasteiger partial charge in [-0.3, -0.25) is 0 Å². The van der Waals surface area contributed by atoms with Crippen LogP contribution >= 0.6 is 0 Å². The highest BCUT2D eigenvalue weighted by Gasteiger charge is 2.18. The molecule has 0 aliphatic heterocycles. The van der Waals surface area contributed by atoms with Crippen molar-refractivity contribution in [3.63, 3.8) is 0 Å². The number of anilines is 1. The fourth-order valence-electron chi connectivity index (χ4n) is 4.97. The SMILES string of the molecule is COc1ccc(CCN(Cc2ccc(OCc3ccccc3)c(OC)c2)C(=O)Nc2cccc3ccccc23)cc1OC. The van der Waals surface area contributed by atoms with E-state index < -0.39 is 0 Å². The Hall–Kier alpha value is -5.17. The van der Waals surface area contributed by atoms with Crippen molar-refractivity contribution in [3.05, 3.63) is 126 Å². The van der Waals surface area contributed by atoms with Crippen LogP contribution in [0.2, 0.25) is 0 Å². The van der Waals surface area contributed by atoms with Crippen LogP contribution in [0, 0.1) is 0 Å². The van der Waals surface area contributed by atoms with Crippen LogP contribution in [0.15, 0.2) is 109 Å². The van der Waals surface area contributed by atoms with Gasteiger partial charge in [0.15, 0.2) is 23.0 Å². The topological polar surface area (TPSA) is 69.3 Å². The predicted octanol–water partition coefficient (Wildman–Crippen LogP) is 7.72. The van der Waals surface area contributed by atoms with Gasteiger partial charge in [0.1, 0.15) is 6.61 Å². The van der Waals surface area contributed by atoms with Crippen LogP contribution in [0.3, 0.4) is 0 Å². The van der Waals surface area contributed by atoms with E-state index in [4.69, 9.17) is 18.9 Å². The maximum atomic E-state index is 13.8. The van der Waals surface area contributed by atoms with Gasteiger partial charge in [0, 0.05) is 18.5 Å². The Morgan fingerprint density at radius 3 is 2.09 bits per heavy atom. The minimum absolute atomic E-state index is 0.194. The molecule has 2 amide bonds. The monoisotopic (exact) mass is 576 g/mol. The van der Waals surface area contributed by atoms with Crippen molar-refractivity contribution in [2.45, 2.75) is 19.6 Å². The van der Waals surface area contributed by atoms with E-state index >= 15 is 0 Å². The number of hydrogen-bond donors (Lipinski definition) is 1. The Labute approximate surface area is 252 Å². The van der Waals surface area contributed by atoms with E-state index in [2.05, 4.69) is 5.32 Å². The van der Waals surface area contributed by atoms with Crippen LogP contribution < -0.4 is 24.3 Å². The Morgan fingerprint density at radius 1 is 0.651 bits per heavy atom. The molecule has 5 rings (SSSR count). The zero-order valence-electron chi connectivity index (χ0n) is 24.7. The third kappa shape index (κ3) is 7.38. The molecule has 0 radical (unpaired) electrons. The van der Waals surface area contributed by atoms with Crippen molar-refractivity contribution in [3.8, 4) is 23.0 Å². The van der Waals surface area contributed by atoms with E-state index in [1.165, 1.54) is 0 Å². The van der Waals surface area contributed by atoms with Crippen molar-refractivity contribution in [1.29, 1.82) is 0 Å². The number of carbonyl (C=O) groups is 1. The molecule has 0 aromatic heterocycles. The molecule has 0 aliphatic carbocycles. The number of hydrogen-bond acceptors (Lipinski definition) is 5. The molecular weight excluding hydrogens is 540 g/mol. The minimum atomic E-state index is -0.194. The quantitative estimate of drug-likeness (QED) is 0.165. The van der Waals surface area contributed by atoms with Gasteiger partial charge in [0.2, 0.25) is 0 Å². The summed E-state index contributed by atoms with van der Waals surface area (Å²) in [6.45, 7) is 1.28. The molecule has 0 heterocycles. The largest absolute Gasteiger partial charge is 0.493 e. The maximum Gasteiger partial charge on any atom is 0.322 e. The summed E-state index contributed by atoms with van der Waals surface area (Å²) in [7, 11) is 4.85. The molecule has 1 N–H and O–H groups in total. The van der Waals surface area contributed by atoms with Crippen LogP contribution in [-0.2, 0) is 19.6 Å². The molecule has 7 nitrogen and oxygen atoms in total. The summed E-state index contributed by atoms with van der Waals surface area (Å²) < 4.78 is 22.6. The molecule has 0 saturated heterocycles. The number of nitrogens with one attached hydrogen (secondary N) is 1. The average Bonchev–Trinajstić information content (AvgIpc) is 3.06. The first kappa shape index (κ1) is 29.3. The number of nitrogens with zero attached hydrogens (tertiary/aromatic N) is 1. The van der Waals surface area contributed by atoms with E-state index in [1.54, 1.807) is 26.2 Å². The average molecular weight is 577 g/mol. The number of amides is 2. The van der Waals surface area contributed by atoms with Gasteiger partial charge in [-0.1, -0.05) is 78.9 Å². The summed E-state index contributed by atoms with van der Waals surface area (Å²) in [5.41, 5.74) is 3.79. The smallest absolute Gasteiger partial charge is 0.322 e. The molecule has 5 aromatic carbocycles. The Bertz CT molecular complexity index is 1670. The minimum Gasteiger partial charge on any atom is -0.493 e. The highest BCUT2D eigenvalue weighted by atomic mass is 16.5. The van der Waals surface area contributed by atoms with Gasteiger partial charge in [-0.25, -0.2) is 4.79 Å². The fraction of sp³-hybridized carbons (Fsp3) is 0.194. The van der Waals surface area contributed by atoms with E-state index in [0.717, 1.165) is 33.2 Å². The van der Waals surface area contributed by atoms with E-state index in [0.29, 0.717) is 49.1 Å². The van der Waals surface area contributed by atoms with Crippen LogP contribution in [0.1, 0.15) is 16.7 Å². The maximum absolute atomic E-state index is 13.8. The second-order valence-corrected chi connectivity index (χ2v) is 10.1. The second-order valence-electron chi connectivity index (χ2n) is 10.1. The normalized spacial score (nSPS) is 10.7. The van der Waals surface area contributed by atoms with E-state index in [-0.39, 0.29) is 6.03 Å². The Kier molecular flexibility index (Phi) is 9.64. The number of carbonyl (C=O) groups excluding carboxylic acids is 1. The van der Waals surface area contributed by atoms with Gasteiger partial charge in [0.05, 0.1) is 27.0 Å². The standard InChI is InChI=1S/C36H36N2O5/c1-40-32-18-16-26(22-34(32)41-2)20-21-38(36(39)37-31-15-9-13-29-12-7-8-14-30(29)31)24-28-17-19-33(35(23-28)42-3)43-25-27-10-5-4-6-11-27/h4-19,22-23H,20-21,24-25H2,1-3H3,(H,37,39). The second kappa shape index (κ2) is 14.1. The lowest BCUT2D eigenvalue weighted by molar-refractivity contribution is 0.209. The number of fused-ring (bicyclic) bond motifs is 1. The Morgan fingerprint density at radius 2 is 1.30 bits per heavy atom. The molecule has 43 heavy (non-hydrogen) atoms. The molecule has 0 fully saturated rings. The number of ether oxygens (including phenoxy) is 4. The summed E-state index contributed by atoms with van der Waals surface area (Å²) >= 11 is 0. The lowest BCUT2D eigenvalue weighted by Crippen LogP contribution is -2.36. The van der Waals surface area contributed by atoms with Gasteiger partial charge in [0.25, 0.3) is 0 Å². The molecule has 5 aromatic rings. The molecule has 7 heteroatoms. The molecule has 0 unspecified atom stereocenters. The van der Waals surface area contributed by atoms with Crippen LogP contribution in [0.4, 0.5) is 10.5 Å². The van der Waals surface area contributed by atoms with Crippen LogP contribution in [0.5, 0.6) is 23.0 Å². The van der Waals surface area contributed by atoms with E-state index in [9.17, 15) is 4.79 Å². The molecule has 0 aliphatic rings. The van der Waals surface area contributed by atoms with Crippen molar-refractivity contribution in [2.24, 2.45) is 0 Å². The first-order chi connectivity index (χ1) is 21.1. The summed E-state index contributed by atoms with van der Waals surface area (Å²) in [5.74, 6) is 2.58. The zero-order chi connectivity index (χ0) is 30.0. The number of methoxy groups -OCH3 is 3.